The van der Waals surface area contributed by atoms with E-state index in [1.54, 1.807) is 5.38 Å². The van der Waals surface area contributed by atoms with Crippen LogP contribution in [0.2, 0.25) is 0 Å². The highest BCUT2D eigenvalue weighted by molar-refractivity contribution is 7.13. The summed E-state index contributed by atoms with van der Waals surface area (Å²) in [5.74, 6) is 1.34. The molecule has 1 aliphatic carbocycles. The number of rotatable bonds is 3. The van der Waals surface area contributed by atoms with E-state index in [1.165, 1.54) is 11.3 Å². The Morgan fingerprint density at radius 3 is 2.83 bits per heavy atom. The molecular formula is C17H19N3O3S. The Kier molecular flexibility index (Phi) is 4.12. The molecule has 2 heterocycles. The molecule has 4 rings (SSSR count). The third-order valence-corrected chi connectivity index (χ3v) is 5.35. The number of hydrogen-bond donors (Lipinski definition) is 2. The minimum absolute atomic E-state index is 0.112. The molecule has 24 heavy (non-hydrogen) atoms. The second-order valence-corrected chi connectivity index (χ2v) is 7.05. The van der Waals surface area contributed by atoms with Crippen LogP contribution >= 0.6 is 11.3 Å². The van der Waals surface area contributed by atoms with E-state index in [4.69, 9.17) is 15.2 Å². The molecule has 3 N–H and O–H groups in total. The van der Waals surface area contributed by atoms with E-state index < -0.39 is 0 Å². The first-order valence-corrected chi connectivity index (χ1v) is 8.99. The Morgan fingerprint density at radius 2 is 2.00 bits per heavy atom. The molecule has 1 aromatic carbocycles. The fraction of sp³-hybridized carbons (Fsp3) is 0.412. The lowest BCUT2D eigenvalue weighted by Gasteiger charge is -2.26. The van der Waals surface area contributed by atoms with Crippen LogP contribution in [0.5, 0.6) is 11.5 Å². The summed E-state index contributed by atoms with van der Waals surface area (Å²) in [6.07, 6.45) is 3.80. The second-order valence-electron chi connectivity index (χ2n) is 6.19. The highest BCUT2D eigenvalue weighted by Crippen LogP contribution is 2.36. The van der Waals surface area contributed by atoms with E-state index >= 15 is 0 Å². The summed E-state index contributed by atoms with van der Waals surface area (Å²) >= 11 is 1.45. The van der Waals surface area contributed by atoms with E-state index in [0.29, 0.717) is 11.4 Å². The molecule has 0 radical (unpaired) electrons. The van der Waals surface area contributed by atoms with Gasteiger partial charge in [-0.05, 0) is 43.9 Å². The number of nitrogens with two attached hydrogens (primary N) is 1. The molecule has 0 bridgehead atoms. The van der Waals surface area contributed by atoms with Gasteiger partial charge >= 0.3 is 0 Å². The zero-order valence-electron chi connectivity index (χ0n) is 13.2. The number of thiazole rings is 1. The van der Waals surface area contributed by atoms with Crippen LogP contribution in [0.15, 0.2) is 23.6 Å². The van der Waals surface area contributed by atoms with E-state index in [0.717, 1.165) is 42.0 Å². The van der Waals surface area contributed by atoms with Crippen LogP contribution in [0.25, 0.3) is 10.6 Å². The fourth-order valence-electron chi connectivity index (χ4n) is 3.06. The van der Waals surface area contributed by atoms with Crippen LogP contribution in [0, 0.1) is 0 Å². The van der Waals surface area contributed by atoms with Gasteiger partial charge in [0.1, 0.15) is 10.7 Å². The molecule has 1 aliphatic heterocycles. The summed E-state index contributed by atoms with van der Waals surface area (Å²) in [5.41, 5.74) is 7.29. The van der Waals surface area contributed by atoms with Gasteiger partial charge in [-0.15, -0.1) is 11.3 Å². The molecule has 126 valence electrons. The number of carbonyl (C=O) groups is 1. The van der Waals surface area contributed by atoms with E-state index in [-0.39, 0.29) is 24.8 Å². The predicted molar refractivity (Wildman–Crippen MR) is 91.4 cm³/mol. The van der Waals surface area contributed by atoms with Crippen LogP contribution in [-0.2, 0) is 0 Å². The van der Waals surface area contributed by atoms with Gasteiger partial charge in [-0.25, -0.2) is 4.98 Å². The van der Waals surface area contributed by atoms with Crippen LogP contribution < -0.4 is 20.5 Å². The molecule has 1 aromatic heterocycles. The minimum atomic E-state index is -0.112. The molecule has 2 aliphatic rings. The smallest absolute Gasteiger partial charge is 0.270 e. The predicted octanol–water partition coefficient (Wildman–Crippen LogP) is 2.54. The van der Waals surface area contributed by atoms with Crippen molar-refractivity contribution in [2.45, 2.75) is 37.8 Å². The zero-order chi connectivity index (χ0) is 16.5. The summed E-state index contributed by atoms with van der Waals surface area (Å²) in [4.78, 5) is 16.9. The van der Waals surface area contributed by atoms with Gasteiger partial charge in [0.25, 0.3) is 5.91 Å². The first-order valence-electron chi connectivity index (χ1n) is 8.11. The molecule has 0 saturated heterocycles. The van der Waals surface area contributed by atoms with E-state index in [2.05, 4.69) is 10.3 Å². The molecule has 0 spiro atoms. The van der Waals surface area contributed by atoms with Gasteiger partial charge in [-0.3, -0.25) is 4.79 Å². The Morgan fingerprint density at radius 1 is 1.21 bits per heavy atom. The van der Waals surface area contributed by atoms with Gasteiger partial charge in [0, 0.05) is 23.0 Å². The van der Waals surface area contributed by atoms with Gasteiger partial charge in [0.15, 0.2) is 11.5 Å². The second kappa shape index (κ2) is 6.41. The van der Waals surface area contributed by atoms with Gasteiger partial charge in [-0.2, -0.15) is 0 Å². The average Bonchev–Trinajstić information content (AvgIpc) is 3.25. The maximum absolute atomic E-state index is 12.4. The van der Waals surface area contributed by atoms with Crippen molar-refractivity contribution in [3.05, 3.63) is 29.3 Å². The molecule has 1 amide bonds. The van der Waals surface area contributed by atoms with Crippen molar-refractivity contribution in [3.8, 4) is 22.1 Å². The van der Waals surface area contributed by atoms with Crippen LogP contribution in [0.1, 0.15) is 36.2 Å². The summed E-state index contributed by atoms with van der Waals surface area (Å²) in [6, 6.07) is 6.16. The Hall–Kier alpha value is -2.12. The first-order chi connectivity index (χ1) is 11.7. The largest absolute Gasteiger partial charge is 0.454 e. The highest BCUT2D eigenvalue weighted by atomic mass is 32.1. The third kappa shape index (κ3) is 3.09. The summed E-state index contributed by atoms with van der Waals surface area (Å²) in [5, 5.41) is 5.66. The Balaban J connectivity index is 1.45. The maximum atomic E-state index is 12.4. The third-order valence-electron chi connectivity index (χ3n) is 4.46. The van der Waals surface area contributed by atoms with Crippen molar-refractivity contribution in [3.63, 3.8) is 0 Å². The van der Waals surface area contributed by atoms with Crippen molar-refractivity contribution in [2.24, 2.45) is 5.73 Å². The van der Waals surface area contributed by atoms with Gasteiger partial charge in [0.2, 0.25) is 6.79 Å². The molecule has 0 atom stereocenters. The van der Waals surface area contributed by atoms with Crippen molar-refractivity contribution in [1.29, 1.82) is 0 Å². The molecule has 2 aromatic rings. The molecule has 0 unspecified atom stereocenters. The normalized spacial score (nSPS) is 22.4. The lowest BCUT2D eigenvalue weighted by Crippen LogP contribution is -2.40. The van der Waals surface area contributed by atoms with Crippen molar-refractivity contribution in [1.82, 2.24) is 10.3 Å². The summed E-state index contributed by atoms with van der Waals surface area (Å²) in [7, 11) is 0. The number of carbonyl (C=O) groups excluding carboxylic acids is 1. The number of hydrogen-bond acceptors (Lipinski definition) is 6. The number of amides is 1. The number of nitrogens with zero attached hydrogens (tertiary/aromatic N) is 1. The van der Waals surface area contributed by atoms with Crippen molar-refractivity contribution < 1.29 is 14.3 Å². The van der Waals surface area contributed by atoms with Gasteiger partial charge < -0.3 is 20.5 Å². The number of benzene rings is 1. The van der Waals surface area contributed by atoms with E-state index in [9.17, 15) is 4.79 Å². The van der Waals surface area contributed by atoms with Gasteiger partial charge in [-0.1, -0.05) is 0 Å². The highest BCUT2D eigenvalue weighted by Gasteiger charge is 2.22. The topological polar surface area (TPSA) is 86.5 Å². The molecule has 7 heteroatoms. The quantitative estimate of drug-likeness (QED) is 0.893. The monoisotopic (exact) mass is 345 g/mol. The Labute approximate surface area is 144 Å². The van der Waals surface area contributed by atoms with E-state index in [1.807, 2.05) is 18.2 Å². The first kappa shape index (κ1) is 15.4. The number of ether oxygens (including phenoxy) is 2. The van der Waals surface area contributed by atoms with Crippen molar-refractivity contribution >= 4 is 17.2 Å². The number of aromatic nitrogens is 1. The van der Waals surface area contributed by atoms with Crippen LogP contribution in [0.3, 0.4) is 0 Å². The SMILES string of the molecule is NC1CCC(NC(=O)c2csc(-c3ccc4c(c3)OCO4)n2)CC1. The van der Waals surface area contributed by atoms with Crippen LogP contribution in [0.4, 0.5) is 0 Å². The number of nitrogens with one attached hydrogen (secondary N) is 1. The summed E-state index contributed by atoms with van der Waals surface area (Å²) in [6.45, 7) is 0.245. The standard InChI is InChI=1S/C17H19N3O3S/c18-11-2-4-12(5-3-11)19-16(21)13-8-24-17(20-13)10-1-6-14-15(7-10)23-9-22-14/h1,6-8,11-12H,2-5,9,18H2,(H,19,21). The molecule has 1 fully saturated rings. The van der Waals surface area contributed by atoms with Crippen LogP contribution in [-0.4, -0.2) is 29.8 Å². The lowest BCUT2D eigenvalue weighted by atomic mass is 9.92. The molecule has 6 nitrogen and oxygen atoms in total. The average molecular weight is 345 g/mol. The van der Waals surface area contributed by atoms with Gasteiger partial charge in [0.05, 0.1) is 0 Å². The molecule has 1 saturated carbocycles. The zero-order valence-corrected chi connectivity index (χ0v) is 14.0. The Bertz CT molecular complexity index is 753. The fourth-order valence-corrected chi connectivity index (χ4v) is 3.86. The lowest BCUT2D eigenvalue weighted by molar-refractivity contribution is 0.0921. The number of fused-ring (bicyclic) bond motifs is 1. The maximum Gasteiger partial charge on any atom is 0.270 e. The molecular weight excluding hydrogens is 326 g/mol. The van der Waals surface area contributed by atoms with Crippen molar-refractivity contribution in [2.75, 3.05) is 6.79 Å². The summed E-state index contributed by atoms with van der Waals surface area (Å²) < 4.78 is 10.7. The minimum Gasteiger partial charge on any atom is -0.454 e.